The molecule has 0 spiro atoms. The topological polar surface area (TPSA) is 43.4 Å². The van der Waals surface area contributed by atoms with Crippen molar-refractivity contribution in [2.45, 2.75) is 4.90 Å². The quantitative estimate of drug-likeness (QED) is 0.868. The Morgan fingerprint density at radius 1 is 1.00 bits per heavy atom. The standard InChI is InChI=1S/C15H13FO3S/c1-19-14-6-8-15(9-7-14)20(17,18)11-10-12-2-4-13(16)5-3-12/h2-11H,1H3/b11-10+. The summed E-state index contributed by atoms with van der Waals surface area (Å²) in [5, 5.41) is 1.10. The van der Waals surface area contributed by atoms with Crippen LogP contribution in [0.25, 0.3) is 6.08 Å². The van der Waals surface area contributed by atoms with E-state index in [9.17, 15) is 12.8 Å². The molecule has 0 heterocycles. The number of methoxy groups -OCH3 is 1. The fraction of sp³-hybridized carbons (Fsp3) is 0.0667. The summed E-state index contributed by atoms with van der Waals surface area (Å²) < 4.78 is 41.9. The van der Waals surface area contributed by atoms with E-state index in [0.29, 0.717) is 11.3 Å². The zero-order valence-electron chi connectivity index (χ0n) is 10.8. The van der Waals surface area contributed by atoms with Crippen LogP contribution in [0.1, 0.15) is 5.56 Å². The first kappa shape index (κ1) is 14.3. The molecule has 0 aromatic heterocycles. The van der Waals surface area contributed by atoms with Gasteiger partial charge in [-0.3, -0.25) is 0 Å². The van der Waals surface area contributed by atoms with Crippen molar-refractivity contribution in [3.63, 3.8) is 0 Å². The Balaban J connectivity index is 2.23. The van der Waals surface area contributed by atoms with Crippen molar-refractivity contribution in [3.05, 3.63) is 65.3 Å². The highest BCUT2D eigenvalue weighted by atomic mass is 32.2. The van der Waals surface area contributed by atoms with E-state index in [1.165, 1.54) is 49.6 Å². The lowest BCUT2D eigenvalue weighted by atomic mass is 10.2. The van der Waals surface area contributed by atoms with E-state index < -0.39 is 9.84 Å². The molecule has 0 bridgehead atoms. The summed E-state index contributed by atoms with van der Waals surface area (Å²) in [6.07, 6.45) is 1.43. The highest BCUT2D eigenvalue weighted by Crippen LogP contribution is 2.18. The number of ether oxygens (including phenoxy) is 1. The van der Waals surface area contributed by atoms with Crippen molar-refractivity contribution in [2.24, 2.45) is 0 Å². The van der Waals surface area contributed by atoms with Crippen LogP contribution in [0.3, 0.4) is 0 Å². The van der Waals surface area contributed by atoms with E-state index in [4.69, 9.17) is 4.74 Å². The molecular formula is C15H13FO3S. The number of benzene rings is 2. The minimum Gasteiger partial charge on any atom is -0.497 e. The average Bonchev–Trinajstić information content (AvgIpc) is 2.47. The van der Waals surface area contributed by atoms with Gasteiger partial charge >= 0.3 is 0 Å². The summed E-state index contributed by atoms with van der Waals surface area (Å²) in [7, 11) is -2.01. The number of halogens is 1. The fourth-order valence-corrected chi connectivity index (χ4v) is 2.59. The SMILES string of the molecule is COc1ccc(S(=O)(=O)/C=C/c2ccc(F)cc2)cc1. The van der Waals surface area contributed by atoms with Crippen molar-refractivity contribution in [1.82, 2.24) is 0 Å². The molecule has 0 aliphatic carbocycles. The molecule has 0 unspecified atom stereocenters. The molecule has 104 valence electrons. The van der Waals surface area contributed by atoms with Crippen molar-refractivity contribution in [2.75, 3.05) is 7.11 Å². The first-order valence-corrected chi connectivity index (χ1v) is 7.39. The summed E-state index contributed by atoms with van der Waals surface area (Å²) in [6.45, 7) is 0. The third-order valence-electron chi connectivity index (χ3n) is 2.70. The van der Waals surface area contributed by atoms with Crippen molar-refractivity contribution in [3.8, 4) is 5.75 Å². The lowest BCUT2D eigenvalue weighted by Gasteiger charge is -2.02. The van der Waals surface area contributed by atoms with Crippen LogP contribution in [0.2, 0.25) is 0 Å². The Labute approximate surface area is 117 Å². The molecule has 0 aliphatic rings. The van der Waals surface area contributed by atoms with E-state index in [2.05, 4.69) is 0 Å². The Morgan fingerprint density at radius 2 is 1.60 bits per heavy atom. The molecule has 0 saturated heterocycles. The second-order valence-electron chi connectivity index (χ2n) is 4.07. The maximum absolute atomic E-state index is 12.7. The highest BCUT2D eigenvalue weighted by Gasteiger charge is 2.09. The van der Waals surface area contributed by atoms with E-state index >= 15 is 0 Å². The van der Waals surface area contributed by atoms with Crippen LogP contribution in [-0.4, -0.2) is 15.5 Å². The van der Waals surface area contributed by atoms with Gasteiger partial charge in [-0.1, -0.05) is 12.1 Å². The van der Waals surface area contributed by atoms with Crippen LogP contribution in [-0.2, 0) is 9.84 Å². The summed E-state index contributed by atoms with van der Waals surface area (Å²) in [4.78, 5) is 0.177. The Morgan fingerprint density at radius 3 is 2.15 bits per heavy atom. The fourth-order valence-electron chi connectivity index (χ4n) is 1.59. The third kappa shape index (κ3) is 3.45. The largest absolute Gasteiger partial charge is 0.497 e. The maximum atomic E-state index is 12.7. The molecular weight excluding hydrogens is 279 g/mol. The van der Waals surface area contributed by atoms with E-state index in [1.54, 1.807) is 12.1 Å². The lowest BCUT2D eigenvalue weighted by molar-refractivity contribution is 0.414. The molecule has 3 nitrogen and oxygen atoms in total. The van der Waals surface area contributed by atoms with Crippen LogP contribution in [0.4, 0.5) is 4.39 Å². The van der Waals surface area contributed by atoms with Crippen molar-refractivity contribution in [1.29, 1.82) is 0 Å². The molecule has 0 N–H and O–H groups in total. The van der Waals surface area contributed by atoms with Crippen LogP contribution in [0.5, 0.6) is 5.75 Å². The Hall–Kier alpha value is -2.14. The number of hydrogen-bond acceptors (Lipinski definition) is 3. The Kier molecular flexibility index (Phi) is 4.20. The first-order valence-electron chi connectivity index (χ1n) is 5.84. The summed E-state index contributed by atoms with van der Waals surface area (Å²) in [6, 6.07) is 11.7. The van der Waals surface area contributed by atoms with Gasteiger partial charge in [-0.15, -0.1) is 0 Å². The maximum Gasteiger partial charge on any atom is 0.199 e. The van der Waals surface area contributed by atoms with Gasteiger partial charge in [0.2, 0.25) is 0 Å². The lowest BCUT2D eigenvalue weighted by Crippen LogP contribution is -1.96. The number of rotatable bonds is 4. The van der Waals surface area contributed by atoms with Crippen LogP contribution in [0, 0.1) is 5.82 Å². The van der Waals surface area contributed by atoms with Gasteiger partial charge in [0.05, 0.1) is 12.0 Å². The summed E-state index contributed by atoms with van der Waals surface area (Å²) in [5.74, 6) is 0.228. The molecule has 0 amide bonds. The molecule has 0 fully saturated rings. The molecule has 2 aromatic rings. The van der Waals surface area contributed by atoms with Crippen LogP contribution >= 0.6 is 0 Å². The summed E-state index contributed by atoms with van der Waals surface area (Å²) >= 11 is 0. The predicted molar refractivity (Wildman–Crippen MR) is 75.6 cm³/mol. The third-order valence-corrected chi connectivity index (χ3v) is 4.12. The van der Waals surface area contributed by atoms with Crippen molar-refractivity contribution < 1.29 is 17.5 Å². The van der Waals surface area contributed by atoms with Gasteiger partial charge in [0.15, 0.2) is 9.84 Å². The summed E-state index contributed by atoms with van der Waals surface area (Å²) in [5.41, 5.74) is 0.614. The normalized spacial score (nSPS) is 11.7. The van der Waals surface area contributed by atoms with Crippen LogP contribution in [0.15, 0.2) is 58.8 Å². The molecule has 5 heteroatoms. The van der Waals surface area contributed by atoms with E-state index in [0.717, 1.165) is 5.41 Å². The molecule has 0 radical (unpaired) electrons. The molecule has 20 heavy (non-hydrogen) atoms. The predicted octanol–water partition coefficient (Wildman–Crippen LogP) is 3.28. The average molecular weight is 292 g/mol. The van der Waals surface area contributed by atoms with Gasteiger partial charge in [-0.05, 0) is 48.0 Å². The second-order valence-corrected chi connectivity index (χ2v) is 5.91. The minimum absolute atomic E-state index is 0.177. The highest BCUT2D eigenvalue weighted by molar-refractivity contribution is 7.94. The Bertz CT molecular complexity index is 702. The minimum atomic E-state index is -3.52. The molecule has 0 saturated carbocycles. The number of hydrogen-bond donors (Lipinski definition) is 0. The van der Waals surface area contributed by atoms with Gasteiger partial charge in [-0.25, -0.2) is 12.8 Å². The molecule has 0 aliphatic heterocycles. The molecule has 2 rings (SSSR count). The first-order chi connectivity index (χ1) is 9.51. The van der Waals surface area contributed by atoms with Gasteiger partial charge in [0, 0.05) is 5.41 Å². The van der Waals surface area contributed by atoms with Gasteiger partial charge in [0.25, 0.3) is 0 Å². The zero-order chi connectivity index (χ0) is 14.6. The van der Waals surface area contributed by atoms with Gasteiger partial charge < -0.3 is 4.74 Å². The smallest absolute Gasteiger partial charge is 0.199 e. The van der Waals surface area contributed by atoms with Gasteiger partial charge in [0.1, 0.15) is 11.6 Å². The second kappa shape index (κ2) is 5.88. The van der Waals surface area contributed by atoms with E-state index in [1.807, 2.05) is 0 Å². The molecule has 2 aromatic carbocycles. The molecule has 0 atom stereocenters. The van der Waals surface area contributed by atoms with Gasteiger partial charge in [-0.2, -0.15) is 0 Å². The van der Waals surface area contributed by atoms with E-state index in [-0.39, 0.29) is 10.7 Å². The zero-order valence-corrected chi connectivity index (χ0v) is 11.6. The van der Waals surface area contributed by atoms with Crippen LogP contribution < -0.4 is 4.74 Å². The number of sulfone groups is 1. The monoisotopic (exact) mass is 292 g/mol. The van der Waals surface area contributed by atoms with Crippen molar-refractivity contribution >= 4 is 15.9 Å².